The normalized spacial score (nSPS) is 17.1. The van der Waals surface area contributed by atoms with E-state index in [2.05, 4.69) is 22.4 Å². The van der Waals surface area contributed by atoms with Crippen molar-refractivity contribution >= 4 is 34.1 Å². The lowest BCUT2D eigenvalue weighted by atomic mass is 9.90. The predicted octanol–water partition coefficient (Wildman–Crippen LogP) is 4.60. The summed E-state index contributed by atoms with van der Waals surface area (Å²) >= 11 is 3.35. The summed E-state index contributed by atoms with van der Waals surface area (Å²) in [5.41, 5.74) is 0.919. The maximum atomic E-state index is 13.2. The van der Waals surface area contributed by atoms with Gasteiger partial charge in [0.2, 0.25) is 5.91 Å². The van der Waals surface area contributed by atoms with Crippen LogP contribution < -0.4 is 5.32 Å². The summed E-state index contributed by atoms with van der Waals surface area (Å²) < 4.78 is 6.00. The number of hydrogen-bond acceptors (Lipinski definition) is 6. The van der Waals surface area contributed by atoms with E-state index >= 15 is 0 Å². The predicted molar refractivity (Wildman–Crippen MR) is 115 cm³/mol. The molecule has 1 saturated carbocycles. The molecular formula is C21H28N2O3S2. The molecule has 2 unspecified atom stereocenters. The number of aliphatic hydroxyl groups is 1. The summed E-state index contributed by atoms with van der Waals surface area (Å²) in [5, 5.41) is 13.7. The molecule has 1 aromatic carbocycles. The van der Waals surface area contributed by atoms with Crippen LogP contribution in [0.25, 0.3) is 0 Å². The van der Waals surface area contributed by atoms with Crippen LogP contribution in [0, 0.1) is 6.92 Å². The first kappa shape index (κ1) is 21.3. The van der Waals surface area contributed by atoms with Gasteiger partial charge >= 0.3 is 0 Å². The van der Waals surface area contributed by atoms with E-state index in [0.29, 0.717) is 11.6 Å². The number of aliphatic hydroxyl groups excluding tert-OH is 1. The van der Waals surface area contributed by atoms with Gasteiger partial charge in [-0.3, -0.25) is 4.79 Å². The van der Waals surface area contributed by atoms with Crippen LogP contribution in [0.15, 0.2) is 35.4 Å². The molecule has 0 spiro atoms. The van der Waals surface area contributed by atoms with Crippen LogP contribution in [0.3, 0.4) is 0 Å². The van der Waals surface area contributed by atoms with E-state index in [1.807, 2.05) is 44.7 Å². The number of rotatable bonds is 10. The second-order valence-electron chi connectivity index (χ2n) is 7.21. The lowest BCUT2D eigenvalue weighted by molar-refractivity contribution is -0.123. The molecule has 1 amide bonds. The number of carbonyl (C=O) groups is 1. The zero-order chi connectivity index (χ0) is 20.1. The first-order chi connectivity index (χ1) is 13.5. The van der Waals surface area contributed by atoms with Gasteiger partial charge in [0.1, 0.15) is 0 Å². The highest BCUT2D eigenvalue weighted by molar-refractivity contribution is 8.00. The van der Waals surface area contributed by atoms with Crippen molar-refractivity contribution in [2.45, 2.75) is 68.3 Å². The van der Waals surface area contributed by atoms with Crippen molar-refractivity contribution in [2.24, 2.45) is 0 Å². The van der Waals surface area contributed by atoms with Crippen molar-refractivity contribution in [3.05, 3.63) is 40.9 Å². The summed E-state index contributed by atoms with van der Waals surface area (Å²) in [6.45, 7) is 5.70. The van der Waals surface area contributed by atoms with E-state index in [4.69, 9.17) is 4.74 Å². The van der Waals surface area contributed by atoms with Gasteiger partial charge in [-0.2, -0.15) is 0 Å². The van der Waals surface area contributed by atoms with E-state index in [9.17, 15) is 9.90 Å². The Morgan fingerprint density at radius 2 is 2.11 bits per heavy atom. The third-order valence-electron chi connectivity index (χ3n) is 4.64. The number of hydrogen-bond donors (Lipinski definition) is 2. The molecule has 1 aliphatic rings. The summed E-state index contributed by atoms with van der Waals surface area (Å²) in [7, 11) is 0. The van der Waals surface area contributed by atoms with Crippen LogP contribution in [0.1, 0.15) is 49.5 Å². The monoisotopic (exact) mass is 420 g/mol. The van der Waals surface area contributed by atoms with Crippen LogP contribution in [-0.4, -0.2) is 40.1 Å². The van der Waals surface area contributed by atoms with Crippen molar-refractivity contribution in [3.8, 4) is 0 Å². The van der Waals surface area contributed by atoms with Gasteiger partial charge in [-0.05, 0) is 50.8 Å². The van der Waals surface area contributed by atoms with Crippen LogP contribution in [0.2, 0.25) is 0 Å². The minimum atomic E-state index is -0.469. The topological polar surface area (TPSA) is 71.5 Å². The molecule has 0 radical (unpaired) electrons. The van der Waals surface area contributed by atoms with Crippen molar-refractivity contribution < 1.29 is 14.6 Å². The Morgan fingerprint density at radius 3 is 2.64 bits per heavy atom. The molecule has 0 bridgehead atoms. The minimum absolute atomic E-state index is 0.0759. The lowest BCUT2D eigenvalue weighted by Crippen LogP contribution is -2.35. The quantitative estimate of drug-likeness (QED) is 0.588. The first-order valence-electron chi connectivity index (χ1n) is 9.76. The Balaban J connectivity index is 1.82. The van der Waals surface area contributed by atoms with E-state index in [1.54, 1.807) is 6.20 Å². The lowest BCUT2D eigenvalue weighted by Gasteiger charge is -2.28. The molecule has 5 nitrogen and oxygen atoms in total. The molecular weight excluding hydrogens is 392 g/mol. The fourth-order valence-corrected chi connectivity index (χ4v) is 4.73. The zero-order valence-corrected chi connectivity index (χ0v) is 18.2. The Bertz CT molecular complexity index is 774. The third kappa shape index (κ3) is 5.80. The molecule has 0 aliphatic heterocycles. The molecule has 152 valence electrons. The van der Waals surface area contributed by atoms with Gasteiger partial charge < -0.3 is 15.2 Å². The van der Waals surface area contributed by atoms with Gasteiger partial charge in [0.15, 0.2) is 5.13 Å². The second kappa shape index (κ2) is 9.87. The number of nitrogens with one attached hydrogen (secondary N) is 1. The Kier molecular flexibility index (Phi) is 7.51. The fraction of sp³-hybridized carbons (Fsp3) is 0.524. The average Bonchev–Trinajstić information content (AvgIpc) is 3.41. The highest BCUT2D eigenvalue weighted by atomic mass is 32.2. The van der Waals surface area contributed by atoms with Crippen molar-refractivity contribution in [2.75, 3.05) is 11.9 Å². The van der Waals surface area contributed by atoms with E-state index in [0.717, 1.165) is 15.7 Å². The Labute approximate surface area is 174 Å². The number of thiazole rings is 1. The number of aromatic nitrogens is 1. The molecule has 3 rings (SSSR count). The van der Waals surface area contributed by atoms with Crippen molar-refractivity contribution in [1.82, 2.24) is 4.98 Å². The number of nitrogens with zero attached hydrogens (tertiary/aromatic N) is 1. The molecule has 3 atom stereocenters. The minimum Gasteiger partial charge on any atom is -0.394 e. The second-order valence-corrected chi connectivity index (χ2v) is 9.81. The summed E-state index contributed by atoms with van der Waals surface area (Å²) in [6, 6.07) is 8.23. The van der Waals surface area contributed by atoms with Crippen LogP contribution in [0.4, 0.5) is 5.13 Å². The van der Waals surface area contributed by atoms with Crippen LogP contribution in [-0.2, 0) is 9.53 Å². The number of amides is 1. The fourth-order valence-electron chi connectivity index (χ4n) is 3.01. The summed E-state index contributed by atoms with van der Waals surface area (Å²) in [6.07, 6.45) is 4.33. The number of thioether (sulfide) groups is 1. The highest BCUT2D eigenvalue weighted by Gasteiger charge is 2.31. The molecule has 1 aliphatic carbocycles. The highest BCUT2D eigenvalue weighted by Crippen LogP contribution is 2.39. The van der Waals surface area contributed by atoms with Gasteiger partial charge in [0.05, 0.1) is 24.7 Å². The Hall–Kier alpha value is -1.41. The third-order valence-corrected chi connectivity index (χ3v) is 6.82. The van der Waals surface area contributed by atoms with Gasteiger partial charge in [-0.25, -0.2) is 4.98 Å². The Morgan fingerprint density at radius 1 is 1.39 bits per heavy atom. The van der Waals surface area contributed by atoms with Gasteiger partial charge in [0, 0.05) is 21.2 Å². The van der Waals surface area contributed by atoms with Gasteiger partial charge in [-0.1, -0.05) is 19.1 Å². The number of benzene rings is 1. The average molecular weight is 421 g/mol. The number of aryl methyl sites for hydroxylation is 1. The number of ether oxygens (including phenoxy) is 1. The molecule has 1 aromatic heterocycles. The largest absolute Gasteiger partial charge is 0.394 e. The molecule has 28 heavy (non-hydrogen) atoms. The number of anilines is 1. The molecule has 2 N–H and O–H groups in total. The molecule has 7 heteroatoms. The zero-order valence-electron chi connectivity index (χ0n) is 16.6. The molecule has 1 fully saturated rings. The van der Waals surface area contributed by atoms with Crippen LogP contribution >= 0.6 is 23.1 Å². The standard InChI is InChI=1S/C21H28N2O3S2/c1-4-18(26-13(2)12-24)19(20(25)23-21-22-11-14(3)27-21)15-5-7-16(8-6-15)28-17-9-10-17/h5-8,11,13,17-19,24H,4,9-10,12H2,1-3H3,(H,22,23,25)/t13-,18?,19?/m1/s1. The molecule has 2 aromatic rings. The van der Waals surface area contributed by atoms with E-state index in [1.165, 1.54) is 29.1 Å². The SMILES string of the molecule is CCC(O[C@H](C)CO)C(C(=O)Nc1ncc(C)s1)c1ccc(SC2CC2)cc1. The van der Waals surface area contributed by atoms with Gasteiger partial charge in [0.25, 0.3) is 0 Å². The number of carbonyl (C=O) groups excluding carboxylic acids is 1. The summed E-state index contributed by atoms with van der Waals surface area (Å²) in [5.74, 6) is -0.600. The van der Waals surface area contributed by atoms with Crippen molar-refractivity contribution in [1.29, 1.82) is 0 Å². The first-order valence-corrected chi connectivity index (χ1v) is 11.5. The maximum Gasteiger partial charge on any atom is 0.236 e. The summed E-state index contributed by atoms with van der Waals surface area (Å²) in [4.78, 5) is 19.7. The van der Waals surface area contributed by atoms with Gasteiger partial charge in [-0.15, -0.1) is 23.1 Å². The molecule has 0 saturated heterocycles. The smallest absolute Gasteiger partial charge is 0.236 e. The molecule has 1 heterocycles. The van der Waals surface area contributed by atoms with Crippen LogP contribution in [0.5, 0.6) is 0 Å². The van der Waals surface area contributed by atoms with E-state index < -0.39 is 5.92 Å². The van der Waals surface area contributed by atoms with E-state index in [-0.39, 0.29) is 24.7 Å². The van der Waals surface area contributed by atoms with Crippen molar-refractivity contribution in [3.63, 3.8) is 0 Å². The maximum absolute atomic E-state index is 13.2.